The van der Waals surface area contributed by atoms with Crippen molar-refractivity contribution in [2.75, 3.05) is 38.5 Å². The number of aromatic nitrogens is 3. The van der Waals surface area contributed by atoms with Gasteiger partial charge in [0.25, 0.3) is 0 Å². The number of likely N-dealkylation sites (N-methyl/N-ethyl adjacent to an activating group) is 1. The highest BCUT2D eigenvalue weighted by Crippen LogP contribution is 2.27. The van der Waals surface area contributed by atoms with E-state index in [9.17, 15) is 0 Å². The number of anilines is 1. The molecular weight excluding hydrogens is 386 g/mol. The molecule has 7 nitrogen and oxygen atoms in total. The van der Waals surface area contributed by atoms with Crippen molar-refractivity contribution < 1.29 is 0 Å². The fraction of sp³-hybridized carbons (Fsp3) is 0.292. The number of piperazine rings is 1. The summed E-state index contributed by atoms with van der Waals surface area (Å²) in [4.78, 5) is 14.1. The van der Waals surface area contributed by atoms with Crippen LogP contribution in [0.3, 0.4) is 0 Å². The third kappa shape index (κ3) is 4.09. The molecule has 0 bridgehead atoms. The van der Waals surface area contributed by atoms with Crippen molar-refractivity contribution in [3.63, 3.8) is 0 Å². The van der Waals surface area contributed by atoms with Crippen molar-refractivity contribution >= 4 is 22.4 Å². The van der Waals surface area contributed by atoms with Crippen LogP contribution in [-0.2, 0) is 7.05 Å². The number of amidine groups is 1. The van der Waals surface area contributed by atoms with Gasteiger partial charge in [0.15, 0.2) is 0 Å². The van der Waals surface area contributed by atoms with E-state index >= 15 is 0 Å². The van der Waals surface area contributed by atoms with Gasteiger partial charge < -0.3 is 15.1 Å². The SMILES string of the molecule is C=C(Nc1cc2cc(-c3cnn(C)c3)ccc2cn1)C1=CCC(N2CCN(C)CC2)=N1. The van der Waals surface area contributed by atoms with Crippen LogP contribution in [0, 0.1) is 0 Å². The molecule has 0 saturated carbocycles. The standard InChI is InChI=1S/C24H27N7/c1-17(22-6-7-24(28-22)31-10-8-29(2)9-11-31)27-23-13-20-12-18(4-5-19(20)14-25-23)21-15-26-30(3)16-21/h4-6,12-16H,1,7-11H2,2-3H3,(H,25,27). The van der Waals surface area contributed by atoms with Gasteiger partial charge in [-0.2, -0.15) is 5.10 Å². The van der Waals surface area contributed by atoms with Crippen LogP contribution in [0.1, 0.15) is 6.42 Å². The Balaban J connectivity index is 1.31. The van der Waals surface area contributed by atoms with Crippen LogP contribution in [0.15, 0.2) is 71.9 Å². The van der Waals surface area contributed by atoms with Crippen molar-refractivity contribution in [1.82, 2.24) is 24.6 Å². The van der Waals surface area contributed by atoms with Gasteiger partial charge in [0.1, 0.15) is 11.7 Å². The summed E-state index contributed by atoms with van der Waals surface area (Å²) in [6, 6.07) is 8.42. The average molecular weight is 414 g/mol. The Morgan fingerprint density at radius 2 is 1.84 bits per heavy atom. The number of fused-ring (bicyclic) bond motifs is 1. The molecule has 4 heterocycles. The van der Waals surface area contributed by atoms with Crippen LogP contribution in [0.4, 0.5) is 5.82 Å². The van der Waals surface area contributed by atoms with Gasteiger partial charge in [0, 0.05) is 63.0 Å². The highest BCUT2D eigenvalue weighted by atomic mass is 15.3. The van der Waals surface area contributed by atoms with Crippen LogP contribution in [0.2, 0.25) is 0 Å². The van der Waals surface area contributed by atoms with Gasteiger partial charge in [-0.05, 0) is 36.2 Å². The van der Waals surface area contributed by atoms with Gasteiger partial charge in [-0.15, -0.1) is 0 Å². The van der Waals surface area contributed by atoms with E-state index in [4.69, 9.17) is 4.99 Å². The number of benzene rings is 1. The van der Waals surface area contributed by atoms with Crippen LogP contribution in [0.5, 0.6) is 0 Å². The molecule has 3 aromatic rings. The van der Waals surface area contributed by atoms with Gasteiger partial charge in [-0.1, -0.05) is 18.7 Å². The summed E-state index contributed by atoms with van der Waals surface area (Å²) in [6.45, 7) is 8.42. The number of aryl methyl sites for hydroxylation is 1. The molecule has 1 fully saturated rings. The Bertz CT molecular complexity index is 1200. The topological polar surface area (TPSA) is 61.6 Å². The van der Waals surface area contributed by atoms with Crippen LogP contribution in [0.25, 0.3) is 21.9 Å². The smallest absolute Gasteiger partial charge is 0.130 e. The number of pyridine rings is 1. The average Bonchev–Trinajstić information content (AvgIpc) is 3.43. The molecule has 0 atom stereocenters. The second-order valence-electron chi connectivity index (χ2n) is 8.25. The van der Waals surface area contributed by atoms with Gasteiger partial charge in [-0.25, -0.2) is 9.98 Å². The van der Waals surface area contributed by atoms with Crippen molar-refractivity contribution in [1.29, 1.82) is 0 Å². The van der Waals surface area contributed by atoms with Crippen molar-refractivity contribution in [2.24, 2.45) is 12.0 Å². The van der Waals surface area contributed by atoms with E-state index in [2.05, 4.69) is 69.2 Å². The second-order valence-corrected chi connectivity index (χ2v) is 8.25. The van der Waals surface area contributed by atoms with Gasteiger partial charge in [0.05, 0.1) is 17.6 Å². The van der Waals surface area contributed by atoms with Gasteiger partial charge in [-0.3, -0.25) is 4.68 Å². The summed E-state index contributed by atoms with van der Waals surface area (Å²) in [7, 11) is 4.09. The van der Waals surface area contributed by atoms with Gasteiger partial charge >= 0.3 is 0 Å². The molecule has 5 rings (SSSR count). The quantitative estimate of drug-likeness (QED) is 0.709. The predicted octanol–water partition coefficient (Wildman–Crippen LogP) is 3.49. The molecule has 0 spiro atoms. The first kappa shape index (κ1) is 19.5. The van der Waals surface area contributed by atoms with E-state index in [0.29, 0.717) is 0 Å². The van der Waals surface area contributed by atoms with Crippen molar-refractivity contribution in [2.45, 2.75) is 6.42 Å². The normalized spacial score (nSPS) is 17.0. The molecule has 0 aliphatic carbocycles. The number of aliphatic imine (C=N–C) groups is 1. The van der Waals surface area contributed by atoms with Crippen LogP contribution < -0.4 is 5.32 Å². The van der Waals surface area contributed by atoms with Crippen molar-refractivity contribution in [3.05, 3.63) is 66.9 Å². The molecule has 2 aliphatic rings. The number of nitrogens with zero attached hydrogens (tertiary/aromatic N) is 6. The minimum atomic E-state index is 0.769. The highest BCUT2D eigenvalue weighted by molar-refractivity contribution is 5.89. The van der Waals surface area contributed by atoms with E-state index in [1.165, 1.54) is 0 Å². The zero-order chi connectivity index (χ0) is 21.4. The summed E-state index contributed by atoms with van der Waals surface area (Å²) >= 11 is 0. The molecule has 1 aromatic carbocycles. The molecule has 0 radical (unpaired) electrons. The Kier molecular flexibility index (Phi) is 5.03. The summed E-state index contributed by atoms with van der Waals surface area (Å²) in [6.07, 6.45) is 8.79. The predicted molar refractivity (Wildman–Crippen MR) is 126 cm³/mol. The molecule has 2 aliphatic heterocycles. The minimum absolute atomic E-state index is 0.769. The lowest BCUT2D eigenvalue weighted by Crippen LogP contribution is -2.46. The van der Waals surface area contributed by atoms with E-state index in [1.54, 1.807) is 0 Å². The van der Waals surface area contributed by atoms with E-state index < -0.39 is 0 Å². The summed E-state index contributed by atoms with van der Waals surface area (Å²) < 4.78 is 1.81. The lowest BCUT2D eigenvalue weighted by Gasteiger charge is -2.33. The van der Waals surface area contributed by atoms with E-state index in [-0.39, 0.29) is 0 Å². The van der Waals surface area contributed by atoms with Crippen LogP contribution in [-0.4, -0.2) is 63.6 Å². The first-order valence-corrected chi connectivity index (χ1v) is 10.6. The summed E-state index contributed by atoms with van der Waals surface area (Å²) in [5.74, 6) is 1.91. The zero-order valence-electron chi connectivity index (χ0n) is 18.0. The maximum absolute atomic E-state index is 4.84. The molecular formula is C24H27N7. The Morgan fingerprint density at radius 3 is 2.61 bits per heavy atom. The van der Waals surface area contributed by atoms with E-state index in [1.807, 2.05) is 30.3 Å². The minimum Gasteiger partial charge on any atom is -0.357 e. The third-order valence-electron chi connectivity index (χ3n) is 5.94. The Hall–Kier alpha value is -3.45. The maximum atomic E-state index is 4.84. The third-order valence-corrected chi connectivity index (χ3v) is 5.94. The molecule has 0 unspecified atom stereocenters. The number of hydrogen-bond donors (Lipinski definition) is 1. The highest BCUT2D eigenvalue weighted by Gasteiger charge is 2.21. The molecule has 0 amide bonds. The number of hydrogen-bond acceptors (Lipinski definition) is 6. The fourth-order valence-electron chi connectivity index (χ4n) is 4.05. The lowest BCUT2D eigenvalue weighted by atomic mass is 10.1. The van der Waals surface area contributed by atoms with Crippen LogP contribution >= 0.6 is 0 Å². The number of nitrogens with one attached hydrogen (secondary N) is 1. The largest absolute Gasteiger partial charge is 0.357 e. The Morgan fingerprint density at radius 1 is 1.00 bits per heavy atom. The zero-order valence-corrected chi connectivity index (χ0v) is 18.0. The first-order valence-electron chi connectivity index (χ1n) is 10.6. The molecule has 7 heteroatoms. The Labute approximate surface area is 182 Å². The first-order chi connectivity index (χ1) is 15.0. The molecule has 158 valence electrons. The van der Waals surface area contributed by atoms with Crippen molar-refractivity contribution in [3.8, 4) is 11.1 Å². The van der Waals surface area contributed by atoms with Gasteiger partial charge in [0.2, 0.25) is 0 Å². The fourth-order valence-corrected chi connectivity index (χ4v) is 4.05. The van der Waals surface area contributed by atoms with E-state index in [0.717, 1.165) is 77.5 Å². The summed E-state index contributed by atoms with van der Waals surface area (Å²) in [5, 5.41) is 9.83. The molecule has 1 saturated heterocycles. The number of rotatable bonds is 4. The monoisotopic (exact) mass is 413 g/mol. The lowest BCUT2D eigenvalue weighted by molar-refractivity contribution is 0.214. The maximum Gasteiger partial charge on any atom is 0.130 e. The molecule has 31 heavy (non-hydrogen) atoms. The molecule has 1 N–H and O–H groups in total. The second kappa shape index (κ2) is 8.00. The summed E-state index contributed by atoms with van der Waals surface area (Å²) in [5.41, 5.74) is 3.91. The molecule has 2 aromatic heterocycles.